The molecule has 3 aromatic rings. The molecule has 166 valence electrons. The Bertz CT molecular complexity index is 1110. The van der Waals surface area contributed by atoms with Crippen molar-refractivity contribution in [1.82, 2.24) is 9.97 Å². The fraction of sp³-hybridized carbons (Fsp3) is 0.333. The topological polar surface area (TPSA) is 110 Å². The quantitative estimate of drug-likeness (QED) is 0.426. The summed E-state index contributed by atoms with van der Waals surface area (Å²) in [5.41, 5.74) is 10.2. The van der Waals surface area contributed by atoms with Gasteiger partial charge >= 0.3 is 5.69 Å². The van der Waals surface area contributed by atoms with Crippen LogP contribution in [0.1, 0.15) is 29.5 Å². The van der Waals surface area contributed by atoms with Crippen molar-refractivity contribution in [3.63, 3.8) is 0 Å². The average Bonchev–Trinajstić information content (AvgIpc) is 2.77. The van der Waals surface area contributed by atoms with Gasteiger partial charge < -0.3 is 16.0 Å². The fourth-order valence-electron chi connectivity index (χ4n) is 4.16. The second-order valence-corrected chi connectivity index (χ2v) is 8.41. The standard InChI is InChI=1S/C24H28N6O2/c1-16-8-9-20(14-17(16)2)26-24-27-22(25)21(30(31)32)23(28-24)29-12-10-19(11-13-29)15-18-6-4-3-5-7-18/h3-9,14,19H,10-13,15H2,1-2H3,(H3,25,26,27,28). The molecule has 0 radical (unpaired) electrons. The Kier molecular flexibility index (Phi) is 6.20. The van der Waals surface area contributed by atoms with E-state index >= 15 is 0 Å². The van der Waals surface area contributed by atoms with Gasteiger partial charge in [0.1, 0.15) is 0 Å². The van der Waals surface area contributed by atoms with Crippen LogP contribution in [0, 0.1) is 29.9 Å². The number of anilines is 4. The smallest absolute Gasteiger partial charge is 0.353 e. The third-order valence-corrected chi connectivity index (χ3v) is 6.12. The summed E-state index contributed by atoms with van der Waals surface area (Å²) in [5, 5.41) is 14.9. The van der Waals surface area contributed by atoms with Gasteiger partial charge in [0.25, 0.3) is 0 Å². The van der Waals surface area contributed by atoms with E-state index in [1.54, 1.807) is 0 Å². The van der Waals surface area contributed by atoms with E-state index in [2.05, 4.69) is 39.6 Å². The van der Waals surface area contributed by atoms with Crippen LogP contribution in [0.15, 0.2) is 48.5 Å². The lowest BCUT2D eigenvalue weighted by atomic mass is 9.90. The SMILES string of the molecule is Cc1ccc(Nc2nc(N)c([N+](=O)[O-])c(N3CCC(Cc4ccccc4)CC3)n2)cc1C. The number of nitrogens with two attached hydrogens (primary N) is 1. The summed E-state index contributed by atoms with van der Waals surface area (Å²) in [6.07, 6.45) is 2.90. The number of aryl methyl sites for hydroxylation is 2. The summed E-state index contributed by atoms with van der Waals surface area (Å²) in [7, 11) is 0. The first-order valence-corrected chi connectivity index (χ1v) is 10.9. The minimum Gasteiger partial charge on any atom is -0.378 e. The van der Waals surface area contributed by atoms with Crippen LogP contribution < -0.4 is 16.0 Å². The van der Waals surface area contributed by atoms with Crippen molar-refractivity contribution in [3.05, 3.63) is 75.3 Å². The van der Waals surface area contributed by atoms with Crippen molar-refractivity contribution in [1.29, 1.82) is 0 Å². The molecule has 1 aliphatic heterocycles. The maximum Gasteiger partial charge on any atom is 0.353 e. The first kappa shape index (κ1) is 21.5. The molecule has 1 fully saturated rings. The van der Waals surface area contributed by atoms with Gasteiger partial charge in [0.05, 0.1) is 4.92 Å². The summed E-state index contributed by atoms with van der Waals surface area (Å²) in [4.78, 5) is 21.9. The molecule has 1 aliphatic rings. The fourth-order valence-corrected chi connectivity index (χ4v) is 4.16. The van der Waals surface area contributed by atoms with Crippen LogP contribution in [0.25, 0.3) is 0 Å². The van der Waals surface area contributed by atoms with E-state index in [9.17, 15) is 10.1 Å². The van der Waals surface area contributed by atoms with Gasteiger partial charge in [-0.05, 0) is 67.9 Å². The van der Waals surface area contributed by atoms with Crippen molar-refractivity contribution in [2.45, 2.75) is 33.1 Å². The highest BCUT2D eigenvalue weighted by atomic mass is 16.6. The molecule has 1 saturated heterocycles. The Morgan fingerprint density at radius 3 is 2.47 bits per heavy atom. The predicted molar refractivity (Wildman–Crippen MR) is 127 cm³/mol. The second-order valence-electron chi connectivity index (χ2n) is 8.41. The number of hydrogen-bond acceptors (Lipinski definition) is 7. The first-order valence-electron chi connectivity index (χ1n) is 10.9. The molecule has 0 unspecified atom stereocenters. The number of hydrogen-bond donors (Lipinski definition) is 2. The molecule has 8 nitrogen and oxygen atoms in total. The normalized spacial score (nSPS) is 14.4. The lowest BCUT2D eigenvalue weighted by Gasteiger charge is -2.32. The van der Waals surface area contributed by atoms with Gasteiger partial charge in [-0.3, -0.25) is 10.1 Å². The molecule has 0 atom stereocenters. The van der Waals surface area contributed by atoms with Crippen LogP contribution in [0.4, 0.5) is 29.0 Å². The highest BCUT2D eigenvalue weighted by Crippen LogP contribution is 2.35. The lowest BCUT2D eigenvalue weighted by Crippen LogP contribution is -2.35. The zero-order valence-electron chi connectivity index (χ0n) is 18.4. The van der Waals surface area contributed by atoms with Gasteiger partial charge in [-0.2, -0.15) is 9.97 Å². The number of aromatic nitrogens is 2. The Morgan fingerprint density at radius 2 is 1.81 bits per heavy atom. The number of nitrogen functional groups attached to an aromatic ring is 1. The average molecular weight is 433 g/mol. The van der Waals surface area contributed by atoms with Crippen molar-refractivity contribution in [2.24, 2.45) is 5.92 Å². The van der Waals surface area contributed by atoms with E-state index in [1.165, 1.54) is 11.1 Å². The van der Waals surface area contributed by atoms with Crippen LogP contribution in [-0.4, -0.2) is 28.0 Å². The van der Waals surface area contributed by atoms with E-state index in [0.29, 0.717) is 19.0 Å². The number of nitrogens with one attached hydrogen (secondary N) is 1. The zero-order chi connectivity index (χ0) is 22.7. The van der Waals surface area contributed by atoms with Crippen LogP contribution in [0.2, 0.25) is 0 Å². The molecule has 0 aliphatic carbocycles. The second kappa shape index (κ2) is 9.21. The molecule has 4 rings (SSSR count). The van der Waals surface area contributed by atoms with Gasteiger partial charge in [0, 0.05) is 18.8 Å². The zero-order valence-corrected chi connectivity index (χ0v) is 18.4. The predicted octanol–water partition coefficient (Wildman–Crippen LogP) is 4.79. The summed E-state index contributed by atoms with van der Waals surface area (Å²) in [6, 6.07) is 16.4. The molecule has 1 aromatic heterocycles. The van der Waals surface area contributed by atoms with E-state index in [0.717, 1.165) is 30.5 Å². The maximum absolute atomic E-state index is 11.7. The summed E-state index contributed by atoms with van der Waals surface area (Å²) in [6.45, 7) is 5.45. The highest BCUT2D eigenvalue weighted by molar-refractivity contribution is 5.72. The monoisotopic (exact) mass is 432 g/mol. The molecule has 2 aromatic carbocycles. The Balaban J connectivity index is 1.54. The lowest BCUT2D eigenvalue weighted by molar-refractivity contribution is -0.383. The van der Waals surface area contributed by atoms with Gasteiger partial charge in [-0.15, -0.1) is 0 Å². The molecular weight excluding hydrogens is 404 g/mol. The molecule has 32 heavy (non-hydrogen) atoms. The molecule has 0 saturated carbocycles. The number of nitro groups is 1. The summed E-state index contributed by atoms with van der Waals surface area (Å²) < 4.78 is 0. The minimum absolute atomic E-state index is 0.127. The van der Waals surface area contributed by atoms with Crippen LogP contribution in [0.5, 0.6) is 0 Å². The molecule has 0 spiro atoms. The molecule has 3 N–H and O–H groups in total. The minimum atomic E-state index is -0.486. The number of nitrogens with zero attached hydrogens (tertiary/aromatic N) is 4. The van der Waals surface area contributed by atoms with Gasteiger partial charge in [-0.1, -0.05) is 36.4 Å². The molecular formula is C24H28N6O2. The molecule has 2 heterocycles. The molecule has 0 amide bonds. The van der Waals surface area contributed by atoms with Crippen LogP contribution in [-0.2, 0) is 6.42 Å². The highest BCUT2D eigenvalue weighted by Gasteiger charge is 2.30. The molecule has 8 heteroatoms. The van der Waals surface area contributed by atoms with Gasteiger partial charge in [-0.25, -0.2) is 0 Å². The van der Waals surface area contributed by atoms with Crippen molar-refractivity contribution in [3.8, 4) is 0 Å². The van der Waals surface area contributed by atoms with Crippen molar-refractivity contribution < 1.29 is 4.92 Å². The van der Waals surface area contributed by atoms with E-state index in [1.807, 2.05) is 43.0 Å². The number of rotatable bonds is 6. The summed E-state index contributed by atoms with van der Waals surface area (Å²) in [5.74, 6) is 0.961. The number of piperidine rings is 1. The Labute approximate surface area is 187 Å². The maximum atomic E-state index is 11.7. The summed E-state index contributed by atoms with van der Waals surface area (Å²) >= 11 is 0. The van der Waals surface area contributed by atoms with E-state index in [4.69, 9.17) is 5.73 Å². The van der Waals surface area contributed by atoms with Crippen LogP contribution in [0.3, 0.4) is 0 Å². The third-order valence-electron chi connectivity index (χ3n) is 6.12. The number of benzene rings is 2. The third kappa shape index (κ3) is 4.80. The van der Waals surface area contributed by atoms with Gasteiger partial charge in [0.15, 0.2) is 0 Å². The van der Waals surface area contributed by atoms with E-state index in [-0.39, 0.29) is 23.3 Å². The largest absolute Gasteiger partial charge is 0.378 e. The van der Waals surface area contributed by atoms with Crippen LogP contribution >= 0.6 is 0 Å². The van der Waals surface area contributed by atoms with E-state index < -0.39 is 4.92 Å². The van der Waals surface area contributed by atoms with Crippen molar-refractivity contribution in [2.75, 3.05) is 29.0 Å². The van der Waals surface area contributed by atoms with Crippen molar-refractivity contribution >= 4 is 29.0 Å². The first-order chi connectivity index (χ1) is 15.4. The molecule has 0 bridgehead atoms. The van der Waals surface area contributed by atoms with Gasteiger partial charge in [0.2, 0.25) is 17.6 Å². The Morgan fingerprint density at radius 1 is 1.09 bits per heavy atom. The Hall–Kier alpha value is -3.68.